The van der Waals surface area contributed by atoms with Gasteiger partial charge in [0.15, 0.2) is 24.4 Å². The molecule has 6 atom stereocenters. The molecule has 0 aromatic heterocycles. The number of amides is 1. The van der Waals surface area contributed by atoms with E-state index >= 15 is 0 Å². The van der Waals surface area contributed by atoms with E-state index in [4.69, 9.17) is 48.4 Å². The van der Waals surface area contributed by atoms with Gasteiger partial charge in [0.2, 0.25) is 30.1 Å². The minimum atomic E-state index is -3.93. The minimum absolute atomic E-state index is 0.00571. The Bertz CT molecular complexity index is 6930. The summed E-state index contributed by atoms with van der Waals surface area (Å²) in [6, 6.07) is 48.1. The van der Waals surface area contributed by atoms with Crippen molar-refractivity contribution in [3.05, 3.63) is 264 Å². The van der Waals surface area contributed by atoms with Crippen LogP contribution in [0.1, 0.15) is 239 Å². The molecule has 26 nitrogen and oxygen atoms in total. The zero-order chi connectivity index (χ0) is 111. The van der Waals surface area contributed by atoms with Crippen LogP contribution >= 0.6 is 63.7 Å². The quantitative estimate of drug-likeness (QED) is 0.0233. The van der Waals surface area contributed by atoms with Crippen LogP contribution in [-0.4, -0.2) is 175 Å². The zero-order valence-corrected chi connectivity index (χ0v) is 100. The monoisotopic (exact) mass is 2350 g/mol. The van der Waals surface area contributed by atoms with Crippen molar-refractivity contribution in [2.45, 2.75) is 257 Å². The summed E-state index contributed by atoms with van der Waals surface area (Å²) in [5.41, 5.74) is 29.8. The molecule has 2 fully saturated rings. The van der Waals surface area contributed by atoms with Crippen molar-refractivity contribution < 1.29 is 91.9 Å². The summed E-state index contributed by atoms with van der Waals surface area (Å²) < 4.78 is 138. The van der Waals surface area contributed by atoms with Gasteiger partial charge in [0.25, 0.3) is 0 Å². The number of ether oxygens (including phenoxy) is 9. The molecule has 2 aliphatic heterocycles. The van der Waals surface area contributed by atoms with Crippen LogP contribution in [0.2, 0.25) is 0 Å². The molecule has 10 aromatic carbocycles. The second-order valence-corrected chi connectivity index (χ2v) is 51.2. The average molecular weight is 2360 g/mol. The fourth-order valence-electron chi connectivity index (χ4n) is 19.3. The van der Waals surface area contributed by atoms with Gasteiger partial charge >= 0.3 is 30.0 Å². The maximum Gasteiger partial charge on any atom is 0.410 e. The summed E-state index contributed by atoms with van der Waals surface area (Å²) in [4.78, 5) is 67.9. The van der Waals surface area contributed by atoms with E-state index in [1.54, 1.807) is 11.8 Å². The average Bonchev–Trinajstić information content (AvgIpc) is 1.63. The Morgan fingerprint density at radius 3 is 1.03 bits per heavy atom. The molecule has 0 spiro atoms. The lowest BCUT2D eigenvalue weighted by Crippen LogP contribution is -2.46. The molecular formula is C116H146Br4N6O20S3. The highest BCUT2D eigenvalue weighted by Crippen LogP contribution is 2.54. The lowest BCUT2D eigenvalue weighted by Gasteiger charge is -2.35. The third kappa shape index (κ3) is 29.4. The molecule has 0 bridgehead atoms. The highest BCUT2D eigenvalue weighted by Gasteiger charge is 2.44. The molecule has 149 heavy (non-hydrogen) atoms. The fraction of sp³-hybridized carbons (Fsp3) is 0.440. The Labute approximate surface area is 916 Å². The van der Waals surface area contributed by atoms with Crippen molar-refractivity contribution in [2.75, 3.05) is 99.1 Å². The van der Waals surface area contributed by atoms with Crippen LogP contribution in [0, 0.1) is 83.1 Å². The molecule has 33 heteroatoms. The molecule has 806 valence electrons. The van der Waals surface area contributed by atoms with Crippen LogP contribution in [0.4, 0.5) is 27.5 Å². The molecule has 4 N–H and O–H groups in total. The van der Waals surface area contributed by atoms with Gasteiger partial charge in [0.1, 0.15) is 6.61 Å². The number of anilines is 4. The largest absolute Gasteiger partial charge is 0.467 e. The third-order valence-electron chi connectivity index (χ3n) is 26.3. The van der Waals surface area contributed by atoms with Gasteiger partial charge < -0.3 is 58.6 Å². The van der Waals surface area contributed by atoms with Crippen LogP contribution in [0.15, 0.2) is 163 Å². The Morgan fingerprint density at radius 2 is 0.718 bits per heavy atom. The SMILES string of the molecule is COC(=O)[C@@H](OC(C)(C)C)c1c(C)c(N(C[C@@H]2CCCN2)S(C)(=O)=O)c(Br)c(C)c1-c1ccc(C)cc1.COC(=O)[C@@H](OC(C)(C)C)c1c(C)c(N(C[C@@H]2CCCN2C(=O)OCC2c3ccccc3-c3ccccc32)S(C)(=O)=O)c(Br)c(C)c1-c1ccc(C)cc1.COC(=O)[C@@H](OC(C)(C)C)c1c(C)c(N)c(Br)c(C)c1-c1ccc(C)cc1.COC(=O)[C@@H](OC(C)(C)C)c1c(C)c(NS(C)(=O)=O)c(Br)c(C)c1-c1ccc(C)cc1. The number of carbonyl (C=O) groups excluding carboxylic acids is 5. The maximum atomic E-state index is 13.9. The van der Waals surface area contributed by atoms with Crippen LogP contribution in [0.5, 0.6) is 0 Å². The smallest absolute Gasteiger partial charge is 0.410 e. The number of nitrogens with zero attached hydrogens (tertiary/aromatic N) is 3. The first-order chi connectivity index (χ1) is 69.3. The number of methoxy groups -OCH3 is 4. The predicted octanol–water partition coefficient (Wildman–Crippen LogP) is 25.9. The summed E-state index contributed by atoms with van der Waals surface area (Å²) in [5.74, 6) is -2.24. The number of nitrogens with one attached hydrogen (secondary N) is 2. The summed E-state index contributed by atoms with van der Waals surface area (Å²) in [7, 11) is -5.80. The van der Waals surface area contributed by atoms with E-state index in [2.05, 4.69) is 122 Å². The van der Waals surface area contributed by atoms with Gasteiger partial charge in [0.05, 0.1) is 99.3 Å². The lowest BCUT2D eigenvalue weighted by molar-refractivity contribution is -0.164. The Balaban J connectivity index is 0.000000211. The summed E-state index contributed by atoms with van der Waals surface area (Å²) in [6.07, 6.45) is 2.05. The molecule has 2 heterocycles. The lowest BCUT2D eigenvalue weighted by atomic mass is 9.87. The van der Waals surface area contributed by atoms with Crippen LogP contribution in [0.3, 0.4) is 0 Å². The van der Waals surface area contributed by atoms with E-state index < -0.39 is 113 Å². The standard InChI is InChI=1S/C43H49BrN2O7S.C28H39BrN2O5S.C23H30BrNO5S.C22H28BrNO3/c1-26-19-21-29(22-20-26)36-27(2)38(44)39(28(3)37(36)40(41(47)51-7)53-43(4,5)6)46(54(8,49)50)24-30-14-13-23-45(30)42(48)52-25-35-33-17-11-9-15-31(33)32-16-10-12-18-34(32)35;1-17-11-13-20(14-12-17)22-18(2)24(29)25(31(37(8,33)34)16-21-10-9-15-30-21)19(3)23(22)26(27(32)35-7)36-28(4,5)6;1-13-9-11-16(12-10-13)17-14(2)19(24)20(25-31(8,27)28)15(3)18(17)21(22(26)29-7)30-23(4,5)6;1-12-8-10-15(11-9-12)16-13(2)18(23)19(24)14(3)17(16)20(21(25)26-7)27-22(4,5)6/h9-12,15-22,30,35,40H,13-14,23-25H2,1-8H3;11-14,21,26,30H,9-10,15-16H2,1-8H3;9-12,21,25H,1-8H3;8-11,20H,24H2,1-7H3/t30-,40-;21-,26-;21-;20-/m0000/s1. The fourth-order valence-corrected chi connectivity index (χ4v) is 24.8. The molecule has 2 saturated heterocycles. The zero-order valence-electron chi connectivity index (χ0n) is 91.6. The van der Waals surface area contributed by atoms with Crippen LogP contribution < -0.4 is 24.4 Å². The van der Waals surface area contributed by atoms with E-state index in [1.165, 1.54) is 48.9 Å². The maximum absolute atomic E-state index is 13.9. The Hall–Kier alpha value is -9.88. The van der Waals surface area contributed by atoms with Crippen molar-refractivity contribution in [1.82, 2.24) is 10.2 Å². The third-order valence-corrected chi connectivity index (χ3v) is 33.1. The number of nitrogen functional groups attached to an aromatic ring is 1. The highest BCUT2D eigenvalue weighted by atomic mass is 79.9. The second kappa shape index (κ2) is 49.5. The number of hydrogen-bond acceptors (Lipinski definition) is 22. The molecule has 0 saturated carbocycles. The molecule has 0 unspecified atom stereocenters. The number of benzene rings is 10. The molecule has 10 aromatic rings. The summed E-state index contributed by atoms with van der Waals surface area (Å²) in [6.45, 7) is 47.4. The number of hydrogen-bond donors (Lipinski definition) is 3. The van der Waals surface area contributed by atoms with Crippen LogP contribution in [0.25, 0.3) is 55.6 Å². The molecular weight excluding hydrogens is 2210 g/mol. The summed E-state index contributed by atoms with van der Waals surface area (Å²) in [5, 5.41) is 3.40. The van der Waals surface area contributed by atoms with E-state index in [-0.39, 0.29) is 25.1 Å². The number of halogens is 4. The first-order valence-corrected chi connectivity index (χ1v) is 58.2. The molecule has 1 aliphatic carbocycles. The van der Waals surface area contributed by atoms with Crippen molar-refractivity contribution >= 4 is 147 Å². The van der Waals surface area contributed by atoms with Gasteiger partial charge in [-0.05, 0) is 373 Å². The number of likely N-dealkylation sites (tertiary alicyclic amines) is 1. The highest BCUT2D eigenvalue weighted by molar-refractivity contribution is 9.11. The number of aryl methyl sites for hydroxylation is 4. The van der Waals surface area contributed by atoms with Gasteiger partial charge in [-0.15, -0.1) is 0 Å². The van der Waals surface area contributed by atoms with Crippen molar-refractivity contribution in [3.63, 3.8) is 0 Å². The number of esters is 4. The molecule has 1 amide bonds. The van der Waals surface area contributed by atoms with E-state index in [9.17, 15) is 49.2 Å². The predicted molar refractivity (Wildman–Crippen MR) is 611 cm³/mol. The van der Waals surface area contributed by atoms with E-state index in [0.717, 1.165) is 153 Å². The van der Waals surface area contributed by atoms with Gasteiger partial charge in [0, 0.05) is 70.9 Å². The minimum Gasteiger partial charge on any atom is -0.467 e. The van der Waals surface area contributed by atoms with E-state index in [0.29, 0.717) is 95.5 Å². The Morgan fingerprint density at radius 1 is 0.409 bits per heavy atom. The number of fused-ring (bicyclic) bond motifs is 3. The topological polar surface area (TPSA) is 331 Å². The van der Waals surface area contributed by atoms with Gasteiger partial charge in [-0.1, -0.05) is 168 Å². The van der Waals surface area contributed by atoms with Gasteiger partial charge in [-0.25, -0.2) is 49.2 Å². The first kappa shape index (κ1) is 121. The normalized spacial score (nSPS) is 15.1. The molecule has 3 aliphatic rings. The van der Waals surface area contributed by atoms with E-state index in [1.807, 2.05) is 256 Å². The number of carbonyl (C=O) groups is 5. The van der Waals surface area contributed by atoms with Crippen molar-refractivity contribution in [3.8, 4) is 55.6 Å². The molecule has 13 rings (SSSR count). The van der Waals surface area contributed by atoms with Crippen molar-refractivity contribution in [1.29, 1.82) is 0 Å². The first-order valence-electron chi connectivity index (χ1n) is 49.4. The summed E-state index contributed by atoms with van der Waals surface area (Å²) >= 11 is 14.7. The Kier molecular flexibility index (Phi) is 40.2. The second-order valence-electron chi connectivity index (χ2n) is 42.4. The van der Waals surface area contributed by atoms with Crippen LogP contribution in [-0.2, 0) is 91.9 Å². The number of sulfonamides is 3. The van der Waals surface area contributed by atoms with Crippen molar-refractivity contribution in [2.24, 2.45) is 0 Å². The number of nitrogens with two attached hydrogens (primary N) is 1. The molecule has 0 radical (unpaired) electrons. The van der Waals surface area contributed by atoms with Gasteiger partial charge in [-0.3, -0.25) is 13.3 Å². The van der Waals surface area contributed by atoms with Gasteiger partial charge in [-0.2, -0.15) is 0 Å². The number of rotatable bonds is 28.